The molecule has 1 N–H and O–H groups in total. The smallest absolute Gasteiger partial charge is 0.166 e. The van der Waals surface area contributed by atoms with Crippen LogP contribution in [0.4, 0.5) is 0 Å². The van der Waals surface area contributed by atoms with Gasteiger partial charge in [-0.15, -0.1) is 0 Å². The third-order valence-corrected chi connectivity index (χ3v) is 2.71. The summed E-state index contributed by atoms with van der Waals surface area (Å²) in [4.78, 5) is 0. The Morgan fingerprint density at radius 1 is 1.47 bits per heavy atom. The van der Waals surface area contributed by atoms with Gasteiger partial charge in [0.1, 0.15) is 6.61 Å². The van der Waals surface area contributed by atoms with Gasteiger partial charge in [-0.2, -0.15) is 0 Å². The molecule has 17 heavy (non-hydrogen) atoms. The second kappa shape index (κ2) is 7.43. The van der Waals surface area contributed by atoms with E-state index in [2.05, 4.69) is 5.32 Å². The zero-order valence-electron chi connectivity index (χ0n) is 9.80. The van der Waals surface area contributed by atoms with Crippen molar-refractivity contribution in [3.05, 3.63) is 34.3 Å². The van der Waals surface area contributed by atoms with Crippen molar-refractivity contribution in [2.45, 2.75) is 6.54 Å². The van der Waals surface area contributed by atoms with Gasteiger partial charge in [0.15, 0.2) is 11.5 Å². The van der Waals surface area contributed by atoms with E-state index in [1.165, 1.54) is 5.54 Å². The molecule has 0 spiro atoms. The molecular weight excluding hydrogens is 261 g/mol. The standard InChI is InChI=1S/C12H15Cl2NO2/c1-15-7-9-4-3-5-11(16-2)12(9)17-8-10(14)6-13/h3-6,15H,7-8H2,1-2H3. The molecule has 1 rings (SSSR count). The first-order chi connectivity index (χ1) is 8.22. The van der Waals surface area contributed by atoms with Crippen molar-refractivity contribution in [1.82, 2.24) is 5.32 Å². The number of para-hydroxylation sites is 1. The van der Waals surface area contributed by atoms with Gasteiger partial charge in [0, 0.05) is 17.6 Å². The lowest BCUT2D eigenvalue weighted by molar-refractivity contribution is 0.320. The van der Waals surface area contributed by atoms with Crippen LogP contribution in [0.2, 0.25) is 0 Å². The average molecular weight is 276 g/mol. The molecule has 1 aromatic carbocycles. The van der Waals surface area contributed by atoms with E-state index < -0.39 is 0 Å². The predicted octanol–water partition coefficient (Wildman–Crippen LogP) is 3.11. The van der Waals surface area contributed by atoms with Crippen molar-refractivity contribution in [1.29, 1.82) is 0 Å². The number of hydrogen-bond acceptors (Lipinski definition) is 3. The van der Waals surface area contributed by atoms with Crippen molar-refractivity contribution < 1.29 is 9.47 Å². The molecule has 0 saturated heterocycles. The summed E-state index contributed by atoms with van der Waals surface area (Å²) < 4.78 is 10.9. The minimum Gasteiger partial charge on any atom is -0.493 e. The molecule has 5 heteroatoms. The van der Waals surface area contributed by atoms with Gasteiger partial charge in [-0.25, -0.2) is 0 Å². The van der Waals surface area contributed by atoms with Gasteiger partial charge in [-0.1, -0.05) is 35.3 Å². The van der Waals surface area contributed by atoms with Gasteiger partial charge < -0.3 is 14.8 Å². The Kier molecular flexibility index (Phi) is 6.19. The Hall–Kier alpha value is -0.900. The summed E-state index contributed by atoms with van der Waals surface area (Å²) in [5, 5.41) is 3.51. The molecule has 0 fully saturated rings. The number of benzene rings is 1. The first-order valence-corrected chi connectivity index (χ1v) is 5.92. The van der Waals surface area contributed by atoms with Gasteiger partial charge in [0.25, 0.3) is 0 Å². The first kappa shape index (κ1) is 14.2. The van der Waals surface area contributed by atoms with Crippen molar-refractivity contribution in [2.75, 3.05) is 20.8 Å². The maximum atomic E-state index is 5.79. The SMILES string of the molecule is CNCc1cccc(OC)c1OCC(Cl)=CCl. The zero-order chi connectivity index (χ0) is 12.7. The highest BCUT2D eigenvalue weighted by Gasteiger charge is 2.10. The molecule has 0 saturated carbocycles. The van der Waals surface area contributed by atoms with Crippen LogP contribution in [0.5, 0.6) is 11.5 Å². The first-order valence-electron chi connectivity index (χ1n) is 5.11. The molecule has 0 heterocycles. The highest BCUT2D eigenvalue weighted by molar-refractivity contribution is 6.36. The number of rotatable bonds is 6. The second-order valence-corrected chi connectivity index (χ2v) is 4.03. The largest absolute Gasteiger partial charge is 0.493 e. The summed E-state index contributed by atoms with van der Waals surface area (Å²) in [6.45, 7) is 0.914. The van der Waals surface area contributed by atoms with Gasteiger partial charge in [0.05, 0.1) is 12.1 Å². The number of nitrogens with one attached hydrogen (secondary N) is 1. The van der Waals surface area contributed by atoms with E-state index in [9.17, 15) is 0 Å². The molecule has 0 radical (unpaired) electrons. The Balaban J connectivity index is 2.92. The fraction of sp³-hybridized carbons (Fsp3) is 0.333. The molecule has 0 amide bonds. The maximum Gasteiger partial charge on any atom is 0.166 e. The molecule has 0 aliphatic rings. The van der Waals surface area contributed by atoms with E-state index in [0.29, 0.717) is 23.1 Å². The molecule has 0 aliphatic carbocycles. The van der Waals surface area contributed by atoms with Crippen LogP contribution >= 0.6 is 23.2 Å². The summed E-state index contributed by atoms with van der Waals surface area (Å²) in [6.07, 6.45) is 0. The van der Waals surface area contributed by atoms with Crippen LogP contribution in [0.25, 0.3) is 0 Å². The summed E-state index contributed by atoms with van der Waals surface area (Å²) in [6, 6.07) is 5.72. The van der Waals surface area contributed by atoms with Crippen LogP contribution < -0.4 is 14.8 Å². The Labute approximate surface area is 111 Å². The number of halogens is 2. The molecule has 0 aliphatic heterocycles. The molecule has 0 unspecified atom stereocenters. The number of methoxy groups -OCH3 is 1. The Morgan fingerprint density at radius 3 is 2.82 bits per heavy atom. The predicted molar refractivity (Wildman–Crippen MR) is 71.0 cm³/mol. The van der Waals surface area contributed by atoms with Crippen LogP contribution in [0.1, 0.15) is 5.56 Å². The summed E-state index contributed by atoms with van der Waals surface area (Å²) >= 11 is 11.3. The summed E-state index contributed by atoms with van der Waals surface area (Å²) in [5.41, 5.74) is 2.29. The van der Waals surface area contributed by atoms with Crippen LogP contribution in [0, 0.1) is 0 Å². The molecule has 0 aromatic heterocycles. The van der Waals surface area contributed by atoms with Crippen molar-refractivity contribution >= 4 is 23.2 Å². The molecular formula is C12H15Cl2NO2. The topological polar surface area (TPSA) is 30.5 Å². The summed E-state index contributed by atoms with van der Waals surface area (Å²) in [5.74, 6) is 1.36. The molecule has 0 atom stereocenters. The van der Waals surface area contributed by atoms with E-state index in [0.717, 1.165) is 5.56 Å². The third kappa shape index (κ3) is 4.11. The highest BCUT2D eigenvalue weighted by atomic mass is 35.5. The molecule has 94 valence electrons. The maximum absolute atomic E-state index is 5.79. The Morgan fingerprint density at radius 2 is 2.24 bits per heavy atom. The normalized spacial score (nSPS) is 11.4. The highest BCUT2D eigenvalue weighted by Crippen LogP contribution is 2.31. The minimum absolute atomic E-state index is 0.224. The minimum atomic E-state index is 0.224. The number of hydrogen-bond donors (Lipinski definition) is 1. The monoisotopic (exact) mass is 275 g/mol. The van der Waals surface area contributed by atoms with E-state index in [1.807, 2.05) is 25.2 Å². The zero-order valence-corrected chi connectivity index (χ0v) is 11.3. The third-order valence-electron chi connectivity index (χ3n) is 2.12. The second-order valence-electron chi connectivity index (χ2n) is 3.32. The van der Waals surface area contributed by atoms with E-state index in [4.69, 9.17) is 32.7 Å². The van der Waals surface area contributed by atoms with Crippen LogP contribution in [-0.4, -0.2) is 20.8 Å². The van der Waals surface area contributed by atoms with Gasteiger partial charge in [0.2, 0.25) is 0 Å². The lowest BCUT2D eigenvalue weighted by Gasteiger charge is -2.14. The van der Waals surface area contributed by atoms with Gasteiger partial charge in [-0.3, -0.25) is 0 Å². The molecule has 1 aromatic rings. The van der Waals surface area contributed by atoms with Crippen molar-refractivity contribution in [2.24, 2.45) is 0 Å². The van der Waals surface area contributed by atoms with E-state index in [-0.39, 0.29) is 6.61 Å². The Bertz CT molecular complexity index is 394. The van der Waals surface area contributed by atoms with E-state index >= 15 is 0 Å². The van der Waals surface area contributed by atoms with Crippen LogP contribution in [-0.2, 0) is 6.54 Å². The lowest BCUT2D eigenvalue weighted by atomic mass is 10.2. The van der Waals surface area contributed by atoms with Gasteiger partial charge in [-0.05, 0) is 13.1 Å². The van der Waals surface area contributed by atoms with E-state index in [1.54, 1.807) is 7.11 Å². The van der Waals surface area contributed by atoms with Crippen LogP contribution in [0.15, 0.2) is 28.8 Å². The lowest BCUT2D eigenvalue weighted by Crippen LogP contribution is -2.09. The van der Waals surface area contributed by atoms with Crippen LogP contribution in [0.3, 0.4) is 0 Å². The fourth-order valence-electron chi connectivity index (χ4n) is 1.39. The average Bonchev–Trinajstić information content (AvgIpc) is 2.36. The number of ether oxygens (including phenoxy) is 2. The molecule has 3 nitrogen and oxygen atoms in total. The fourth-order valence-corrected chi connectivity index (χ4v) is 1.51. The quantitative estimate of drug-likeness (QED) is 0.866. The van der Waals surface area contributed by atoms with Crippen molar-refractivity contribution in [3.63, 3.8) is 0 Å². The molecule has 0 bridgehead atoms. The van der Waals surface area contributed by atoms with Crippen molar-refractivity contribution in [3.8, 4) is 11.5 Å². The summed E-state index contributed by atoms with van der Waals surface area (Å²) in [7, 11) is 3.47. The van der Waals surface area contributed by atoms with Gasteiger partial charge >= 0.3 is 0 Å².